The van der Waals surface area contributed by atoms with E-state index in [-0.39, 0.29) is 5.91 Å². The van der Waals surface area contributed by atoms with Gasteiger partial charge in [-0.2, -0.15) is 0 Å². The molecule has 3 nitrogen and oxygen atoms in total. The molecule has 0 aromatic heterocycles. The van der Waals surface area contributed by atoms with Crippen LogP contribution in [0.2, 0.25) is 0 Å². The molecule has 3 N–H and O–H groups in total. The minimum absolute atomic E-state index is 0.0125. The fourth-order valence-corrected chi connectivity index (χ4v) is 2.68. The third-order valence-electron chi connectivity index (χ3n) is 4.05. The zero-order chi connectivity index (χ0) is 13.1. The highest BCUT2D eigenvalue weighted by Gasteiger charge is 2.23. The Morgan fingerprint density at radius 1 is 1.33 bits per heavy atom. The van der Waals surface area contributed by atoms with Gasteiger partial charge >= 0.3 is 0 Å². The van der Waals surface area contributed by atoms with Crippen LogP contribution >= 0.6 is 0 Å². The van der Waals surface area contributed by atoms with E-state index >= 15 is 0 Å². The second kappa shape index (κ2) is 5.42. The van der Waals surface area contributed by atoms with Crippen LogP contribution in [0.1, 0.15) is 48.5 Å². The zero-order valence-corrected chi connectivity index (χ0v) is 11.2. The van der Waals surface area contributed by atoms with Crippen LogP contribution in [-0.2, 0) is 0 Å². The number of benzene rings is 1. The van der Waals surface area contributed by atoms with Gasteiger partial charge in [-0.05, 0) is 43.4 Å². The quantitative estimate of drug-likeness (QED) is 0.788. The Hall–Kier alpha value is -1.51. The molecule has 1 aromatic rings. The first kappa shape index (κ1) is 12.9. The molecule has 1 aliphatic rings. The van der Waals surface area contributed by atoms with Gasteiger partial charge in [0.2, 0.25) is 0 Å². The average Bonchev–Trinajstić information content (AvgIpc) is 2.35. The number of nitrogens with one attached hydrogen (secondary N) is 1. The summed E-state index contributed by atoms with van der Waals surface area (Å²) >= 11 is 0. The summed E-state index contributed by atoms with van der Waals surface area (Å²) < 4.78 is 0. The lowest BCUT2D eigenvalue weighted by Gasteiger charge is -2.29. The molecule has 1 aliphatic carbocycles. The first-order chi connectivity index (χ1) is 8.59. The molecule has 98 valence electrons. The lowest BCUT2D eigenvalue weighted by atomic mass is 9.85. The Morgan fingerprint density at radius 2 is 2.06 bits per heavy atom. The summed E-state index contributed by atoms with van der Waals surface area (Å²) in [5, 5.41) is 3.16. The van der Waals surface area contributed by atoms with Gasteiger partial charge in [0.1, 0.15) is 0 Å². The molecule has 0 radical (unpaired) electrons. The monoisotopic (exact) mass is 246 g/mol. The second-order valence-electron chi connectivity index (χ2n) is 5.36. The summed E-state index contributed by atoms with van der Waals surface area (Å²) in [7, 11) is 0. The Kier molecular flexibility index (Phi) is 3.90. The third kappa shape index (κ3) is 2.66. The smallest absolute Gasteiger partial charge is 0.251 e. The summed E-state index contributed by atoms with van der Waals surface area (Å²) in [5.74, 6) is 0.586. The number of nitrogens with two attached hydrogens (primary N) is 1. The number of carbonyl (C=O) groups excluding carboxylic acids is 1. The Labute approximate surface area is 109 Å². The van der Waals surface area contributed by atoms with E-state index in [1.165, 1.54) is 19.3 Å². The SMILES string of the molecule is Cc1c(N)cccc1C(=O)N[C@@H]1CCCC[C@H]1C. The van der Waals surface area contributed by atoms with Crippen molar-refractivity contribution in [1.29, 1.82) is 0 Å². The van der Waals surface area contributed by atoms with Gasteiger partial charge in [0.05, 0.1) is 0 Å². The van der Waals surface area contributed by atoms with Crippen LogP contribution in [0, 0.1) is 12.8 Å². The maximum Gasteiger partial charge on any atom is 0.251 e. The molecule has 2 rings (SSSR count). The largest absolute Gasteiger partial charge is 0.398 e. The van der Waals surface area contributed by atoms with Gasteiger partial charge in [-0.3, -0.25) is 4.79 Å². The zero-order valence-electron chi connectivity index (χ0n) is 11.2. The lowest BCUT2D eigenvalue weighted by Crippen LogP contribution is -2.41. The minimum Gasteiger partial charge on any atom is -0.398 e. The fourth-order valence-electron chi connectivity index (χ4n) is 2.68. The number of hydrogen-bond donors (Lipinski definition) is 2. The maximum absolute atomic E-state index is 12.3. The molecular weight excluding hydrogens is 224 g/mol. The van der Waals surface area contributed by atoms with E-state index in [1.54, 1.807) is 0 Å². The van der Waals surface area contributed by atoms with Crippen LogP contribution in [0.3, 0.4) is 0 Å². The number of anilines is 1. The van der Waals surface area contributed by atoms with Crippen molar-refractivity contribution in [3.05, 3.63) is 29.3 Å². The summed E-state index contributed by atoms with van der Waals surface area (Å²) in [6.07, 6.45) is 4.80. The van der Waals surface area contributed by atoms with Gasteiger partial charge < -0.3 is 11.1 Å². The maximum atomic E-state index is 12.3. The second-order valence-corrected chi connectivity index (χ2v) is 5.36. The molecule has 1 fully saturated rings. The lowest BCUT2D eigenvalue weighted by molar-refractivity contribution is 0.0909. The fraction of sp³-hybridized carbons (Fsp3) is 0.533. The minimum atomic E-state index is 0.0125. The molecular formula is C15H22N2O. The molecule has 0 unspecified atom stereocenters. The van der Waals surface area contributed by atoms with E-state index in [4.69, 9.17) is 5.73 Å². The average molecular weight is 246 g/mol. The normalized spacial score (nSPS) is 23.7. The predicted molar refractivity (Wildman–Crippen MR) is 74.5 cm³/mol. The van der Waals surface area contributed by atoms with Crippen LogP contribution in [0.4, 0.5) is 5.69 Å². The van der Waals surface area contributed by atoms with E-state index in [0.717, 1.165) is 12.0 Å². The van der Waals surface area contributed by atoms with Crippen molar-refractivity contribution in [3.8, 4) is 0 Å². The molecule has 1 saturated carbocycles. The molecule has 3 heteroatoms. The van der Waals surface area contributed by atoms with Crippen LogP contribution in [0.15, 0.2) is 18.2 Å². The van der Waals surface area contributed by atoms with Crippen molar-refractivity contribution >= 4 is 11.6 Å². The molecule has 0 saturated heterocycles. The number of rotatable bonds is 2. The number of amides is 1. The van der Waals surface area contributed by atoms with E-state index in [1.807, 2.05) is 25.1 Å². The van der Waals surface area contributed by atoms with Gasteiger partial charge in [-0.15, -0.1) is 0 Å². The molecule has 0 bridgehead atoms. The topological polar surface area (TPSA) is 55.1 Å². The first-order valence-corrected chi connectivity index (χ1v) is 6.75. The van der Waals surface area contributed by atoms with Crippen molar-refractivity contribution < 1.29 is 4.79 Å². The summed E-state index contributed by atoms with van der Waals surface area (Å²) in [4.78, 5) is 12.3. The Balaban J connectivity index is 2.09. The van der Waals surface area contributed by atoms with E-state index in [9.17, 15) is 4.79 Å². The highest BCUT2D eigenvalue weighted by Crippen LogP contribution is 2.24. The van der Waals surface area contributed by atoms with Gasteiger partial charge in [0, 0.05) is 17.3 Å². The summed E-state index contributed by atoms with van der Waals surface area (Å²) in [5.41, 5.74) is 8.09. The highest BCUT2D eigenvalue weighted by molar-refractivity contribution is 5.97. The highest BCUT2D eigenvalue weighted by atomic mass is 16.1. The van der Waals surface area contributed by atoms with Crippen molar-refractivity contribution in [3.63, 3.8) is 0 Å². The molecule has 1 amide bonds. The van der Waals surface area contributed by atoms with Gasteiger partial charge in [-0.25, -0.2) is 0 Å². The van der Waals surface area contributed by atoms with Crippen molar-refractivity contribution in [2.24, 2.45) is 5.92 Å². The summed E-state index contributed by atoms with van der Waals surface area (Å²) in [6.45, 7) is 4.12. The predicted octanol–water partition coefficient (Wildman–Crippen LogP) is 2.89. The molecule has 0 aliphatic heterocycles. The number of hydrogen-bond acceptors (Lipinski definition) is 2. The Morgan fingerprint density at radius 3 is 2.78 bits per heavy atom. The van der Waals surface area contributed by atoms with Crippen LogP contribution in [-0.4, -0.2) is 11.9 Å². The molecule has 0 spiro atoms. The number of nitrogen functional groups attached to an aromatic ring is 1. The number of carbonyl (C=O) groups is 1. The molecule has 2 atom stereocenters. The van der Waals surface area contributed by atoms with Gasteiger partial charge in [0.15, 0.2) is 0 Å². The van der Waals surface area contributed by atoms with E-state index in [0.29, 0.717) is 23.2 Å². The van der Waals surface area contributed by atoms with Crippen LogP contribution in [0.5, 0.6) is 0 Å². The molecule has 18 heavy (non-hydrogen) atoms. The van der Waals surface area contributed by atoms with Gasteiger partial charge in [-0.1, -0.05) is 25.8 Å². The van der Waals surface area contributed by atoms with E-state index < -0.39 is 0 Å². The van der Waals surface area contributed by atoms with Crippen molar-refractivity contribution in [1.82, 2.24) is 5.32 Å². The van der Waals surface area contributed by atoms with Crippen molar-refractivity contribution in [2.45, 2.75) is 45.6 Å². The Bertz CT molecular complexity index is 442. The summed E-state index contributed by atoms with van der Waals surface area (Å²) in [6, 6.07) is 5.82. The van der Waals surface area contributed by atoms with Crippen LogP contribution < -0.4 is 11.1 Å². The van der Waals surface area contributed by atoms with E-state index in [2.05, 4.69) is 12.2 Å². The molecule has 1 aromatic carbocycles. The van der Waals surface area contributed by atoms with Crippen molar-refractivity contribution in [2.75, 3.05) is 5.73 Å². The first-order valence-electron chi connectivity index (χ1n) is 6.75. The third-order valence-corrected chi connectivity index (χ3v) is 4.05. The van der Waals surface area contributed by atoms with Crippen LogP contribution in [0.25, 0.3) is 0 Å². The standard InChI is InChI=1S/C15H22N2O/c1-10-6-3-4-9-14(10)17-15(18)12-7-5-8-13(16)11(12)2/h5,7-8,10,14H,3-4,6,9,16H2,1-2H3,(H,17,18)/t10-,14-/m1/s1. The van der Waals surface area contributed by atoms with Gasteiger partial charge in [0.25, 0.3) is 5.91 Å². The molecule has 0 heterocycles.